The monoisotopic (exact) mass is 334 g/mol. The largest absolute Gasteiger partial charge is 0.548 e. The van der Waals surface area contributed by atoms with Crippen LogP contribution in [0.4, 0.5) is 0 Å². The second-order valence-corrected chi connectivity index (χ2v) is 6.74. The van der Waals surface area contributed by atoms with E-state index >= 15 is 0 Å². The Kier molecular flexibility index (Phi) is 6.21. The number of thioether (sulfide) groups is 1. The number of aliphatic carboxylic acids is 1. The predicted octanol–water partition coefficient (Wildman–Crippen LogP) is 1.47. The number of hydrogen-bond acceptors (Lipinski definition) is 5. The summed E-state index contributed by atoms with van der Waals surface area (Å²) >= 11 is 1.08. The maximum absolute atomic E-state index is 12.4. The molecule has 1 aromatic rings. The molecule has 0 bridgehead atoms. The van der Waals surface area contributed by atoms with Crippen molar-refractivity contribution in [2.45, 2.75) is 44.7 Å². The summed E-state index contributed by atoms with van der Waals surface area (Å²) in [7, 11) is 0. The highest BCUT2D eigenvalue weighted by Gasteiger charge is 2.32. The van der Waals surface area contributed by atoms with E-state index in [-0.39, 0.29) is 23.5 Å². The molecule has 1 aliphatic heterocycles. The lowest BCUT2D eigenvalue weighted by Crippen LogP contribution is -2.56. The van der Waals surface area contributed by atoms with Crippen molar-refractivity contribution in [2.24, 2.45) is 0 Å². The van der Waals surface area contributed by atoms with Crippen LogP contribution in [0.3, 0.4) is 0 Å². The van der Waals surface area contributed by atoms with E-state index in [4.69, 9.17) is 0 Å². The molecule has 5 nitrogen and oxygen atoms in total. The van der Waals surface area contributed by atoms with Crippen molar-refractivity contribution < 1.29 is 19.5 Å². The van der Waals surface area contributed by atoms with E-state index in [0.717, 1.165) is 24.6 Å². The molecule has 0 spiro atoms. The zero-order valence-corrected chi connectivity index (χ0v) is 13.9. The van der Waals surface area contributed by atoms with Gasteiger partial charge in [0.25, 0.3) is 0 Å². The molecule has 23 heavy (non-hydrogen) atoms. The van der Waals surface area contributed by atoms with Crippen LogP contribution in [0.25, 0.3) is 0 Å². The van der Waals surface area contributed by atoms with Crippen LogP contribution in [0, 0.1) is 0 Å². The summed E-state index contributed by atoms with van der Waals surface area (Å²) in [5.41, 5.74) is 0.601. The van der Waals surface area contributed by atoms with Gasteiger partial charge in [0.05, 0.1) is 12.0 Å². The minimum absolute atomic E-state index is 0.0819. The Labute approximate surface area is 140 Å². The van der Waals surface area contributed by atoms with Crippen LogP contribution < -0.4 is 5.11 Å². The highest BCUT2D eigenvalue weighted by Crippen LogP contribution is 2.24. The Balaban J connectivity index is 1.88. The van der Waals surface area contributed by atoms with Crippen LogP contribution >= 0.6 is 11.8 Å². The Bertz CT molecular complexity index is 575. The van der Waals surface area contributed by atoms with Crippen LogP contribution in [0.1, 0.15) is 43.0 Å². The SMILES string of the molecule is C[C@H]1CCC[C@@H](C(=O)[O-])N1C(=O)CCSC(=O)c1ccccc1. The van der Waals surface area contributed by atoms with E-state index in [1.54, 1.807) is 24.3 Å². The van der Waals surface area contributed by atoms with Gasteiger partial charge >= 0.3 is 0 Å². The molecule has 1 aromatic carbocycles. The van der Waals surface area contributed by atoms with Gasteiger partial charge in [-0.3, -0.25) is 9.59 Å². The summed E-state index contributed by atoms with van der Waals surface area (Å²) in [5, 5.41) is 11.1. The van der Waals surface area contributed by atoms with Crippen molar-refractivity contribution in [2.75, 3.05) is 5.75 Å². The highest BCUT2D eigenvalue weighted by molar-refractivity contribution is 8.14. The van der Waals surface area contributed by atoms with Crippen LogP contribution in [-0.2, 0) is 9.59 Å². The lowest BCUT2D eigenvalue weighted by molar-refractivity contribution is -0.312. The number of piperidine rings is 1. The van der Waals surface area contributed by atoms with Crippen molar-refractivity contribution in [3.8, 4) is 0 Å². The van der Waals surface area contributed by atoms with Crippen molar-refractivity contribution in [3.05, 3.63) is 35.9 Å². The molecule has 1 fully saturated rings. The highest BCUT2D eigenvalue weighted by atomic mass is 32.2. The first kappa shape index (κ1) is 17.5. The smallest absolute Gasteiger partial charge is 0.224 e. The van der Waals surface area contributed by atoms with E-state index in [0.29, 0.717) is 17.7 Å². The van der Waals surface area contributed by atoms with Crippen molar-refractivity contribution >= 4 is 28.8 Å². The van der Waals surface area contributed by atoms with E-state index in [2.05, 4.69) is 0 Å². The summed E-state index contributed by atoms with van der Waals surface area (Å²) in [5.74, 6) is -1.08. The quantitative estimate of drug-likeness (QED) is 0.815. The van der Waals surface area contributed by atoms with Gasteiger partial charge < -0.3 is 14.8 Å². The molecular formula is C17H20NO4S-. The van der Waals surface area contributed by atoms with Gasteiger partial charge in [-0.15, -0.1) is 0 Å². The van der Waals surface area contributed by atoms with Crippen molar-refractivity contribution in [1.82, 2.24) is 4.90 Å². The normalized spacial score (nSPS) is 21.0. The number of nitrogens with zero attached hydrogens (tertiary/aromatic N) is 1. The molecular weight excluding hydrogens is 314 g/mol. The Morgan fingerprint density at radius 2 is 1.91 bits per heavy atom. The van der Waals surface area contributed by atoms with Gasteiger partial charge in [0, 0.05) is 23.8 Å². The minimum atomic E-state index is -1.20. The Hall–Kier alpha value is -1.82. The third-order valence-electron chi connectivity index (χ3n) is 4.03. The summed E-state index contributed by atoms with van der Waals surface area (Å²) in [6.45, 7) is 1.86. The number of likely N-dealkylation sites (tertiary alicyclic amines) is 1. The van der Waals surface area contributed by atoms with Gasteiger partial charge in [-0.25, -0.2) is 0 Å². The third kappa shape index (κ3) is 4.58. The molecule has 1 heterocycles. The molecule has 6 heteroatoms. The summed E-state index contributed by atoms with van der Waals surface area (Å²) in [6.07, 6.45) is 2.17. The first-order valence-corrected chi connectivity index (χ1v) is 8.73. The Morgan fingerprint density at radius 1 is 1.22 bits per heavy atom. The molecule has 0 radical (unpaired) electrons. The van der Waals surface area contributed by atoms with Crippen LogP contribution in [-0.4, -0.2) is 39.7 Å². The topological polar surface area (TPSA) is 77.5 Å². The summed E-state index contributed by atoms with van der Waals surface area (Å²) in [4.78, 5) is 37.0. The summed E-state index contributed by atoms with van der Waals surface area (Å²) < 4.78 is 0. The molecule has 2 rings (SSSR count). The zero-order valence-electron chi connectivity index (χ0n) is 13.1. The van der Waals surface area contributed by atoms with E-state index in [9.17, 15) is 19.5 Å². The molecule has 1 amide bonds. The molecule has 1 saturated heterocycles. The molecule has 0 unspecified atom stereocenters. The van der Waals surface area contributed by atoms with Gasteiger partial charge in [0.1, 0.15) is 0 Å². The molecule has 0 aliphatic carbocycles. The lowest BCUT2D eigenvalue weighted by atomic mass is 9.96. The Morgan fingerprint density at radius 3 is 2.57 bits per heavy atom. The fourth-order valence-electron chi connectivity index (χ4n) is 2.86. The zero-order chi connectivity index (χ0) is 16.8. The van der Waals surface area contributed by atoms with Crippen LogP contribution in [0.5, 0.6) is 0 Å². The molecule has 0 aromatic heterocycles. The average molecular weight is 334 g/mol. The second kappa shape index (κ2) is 8.15. The van der Waals surface area contributed by atoms with E-state index in [1.807, 2.05) is 13.0 Å². The number of benzene rings is 1. The molecule has 0 saturated carbocycles. The predicted molar refractivity (Wildman–Crippen MR) is 86.8 cm³/mol. The first-order chi connectivity index (χ1) is 11.0. The van der Waals surface area contributed by atoms with Gasteiger partial charge in [0.2, 0.25) is 11.0 Å². The van der Waals surface area contributed by atoms with Gasteiger partial charge in [-0.1, -0.05) is 42.1 Å². The molecule has 2 atom stereocenters. The standard InChI is InChI=1S/C17H21NO4S/c1-12-6-5-9-14(16(20)21)18(12)15(19)10-11-23-17(22)13-7-3-2-4-8-13/h2-4,7-8,12,14H,5-6,9-11H2,1H3,(H,20,21)/p-1/t12-,14-/m0/s1. The number of carboxylic acids is 1. The number of amides is 1. The number of hydrogen-bond donors (Lipinski definition) is 0. The molecule has 1 aliphatic rings. The lowest BCUT2D eigenvalue weighted by Gasteiger charge is -2.41. The minimum Gasteiger partial charge on any atom is -0.548 e. The van der Waals surface area contributed by atoms with Crippen LogP contribution in [0.15, 0.2) is 30.3 Å². The van der Waals surface area contributed by atoms with Gasteiger partial charge in [0.15, 0.2) is 0 Å². The van der Waals surface area contributed by atoms with E-state index < -0.39 is 12.0 Å². The number of carbonyl (C=O) groups is 3. The van der Waals surface area contributed by atoms with Crippen molar-refractivity contribution in [1.29, 1.82) is 0 Å². The first-order valence-electron chi connectivity index (χ1n) is 7.75. The second-order valence-electron chi connectivity index (χ2n) is 5.67. The molecule has 0 N–H and O–H groups in total. The fourth-order valence-corrected chi connectivity index (χ4v) is 3.63. The fraction of sp³-hybridized carbons (Fsp3) is 0.471. The number of carbonyl (C=O) groups excluding carboxylic acids is 3. The third-order valence-corrected chi connectivity index (χ3v) is 4.93. The maximum Gasteiger partial charge on any atom is 0.224 e. The van der Waals surface area contributed by atoms with E-state index in [1.165, 1.54) is 4.90 Å². The summed E-state index contributed by atoms with van der Waals surface area (Å²) in [6, 6.07) is 7.93. The maximum atomic E-state index is 12.4. The van der Waals surface area contributed by atoms with Gasteiger partial charge in [-0.05, 0) is 26.2 Å². The average Bonchev–Trinajstić information content (AvgIpc) is 2.55. The van der Waals surface area contributed by atoms with Crippen LogP contribution in [0.2, 0.25) is 0 Å². The number of carboxylic acid groups (broad SMARTS) is 1. The number of rotatable bonds is 5. The van der Waals surface area contributed by atoms with Gasteiger partial charge in [-0.2, -0.15) is 0 Å². The van der Waals surface area contributed by atoms with Crippen molar-refractivity contribution in [3.63, 3.8) is 0 Å². The molecule has 124 valence electrons.